The Morgan fingerprint density at radius 1 is 1.26 bits per heavy atom. The third kappa shape index (κ3) is 2.42. The van der Waals surface area contributed by atoms with Crippen molar-refractivity contribution in [1.29, 1.82) is 0 Å². The van der Waals surface area contributed by atoms with Gasteiger partial charge in [0.1, 0.15) is 0 Å². The van der Waals surface area contributed by atoms with Crippen molar-refractivity contribution in [2.24, 2.45) is 0 Å². The lowest BCUT2D eigenvalue weighted by molar-refractivity contribution is 0.0456. The summed E-state index contributed by atoms with van der Waals surface area (Å²) < 4.78 is 0. The highest BCUT2D eigenvalue weighted by Gasteiger charge is 2.29. The van der Waals surface area contributed by atoms with Crippen molar-refractivity contribution in [3.8, 4) is 0 Å². The van der Waals surface area contributed by atoms with E-state index in [0.29, 0.717) is 11.3 Å². The molecule has 0 atom stereocenters. The number of carbonyl (C=O) groups excluding carboxylic acids is 1. The number of nitrogen functional groups attached to an aromatic ring is 1. The second-order valence-electron chi connectivity index (χ2n) is 5.38. The highest BCUT2D eigenvalue weighted by atomic mass is 16.2. The topological polar surface area (TPSA) is 62.5 Å². The zero-order valence-corrected chi connectivity index (χ0v) is 11.1. The van der Waals surface area contributed by atoms with Gasteiger partial charge in [-0.2, -0.15) is 0 Å². The fraction of sp³-hybridized carbons (Fsp3) is 0.571. The van der Waals surface area contributed by atoms with Gasteiger partial charge in [0, 0.05) is 50.3 Å². The van der Waals surface area contributed by atoms with Gasteiger partial charge in [-0.05, 0) is 18.9 Å². The minimum Gasteiger partial charge on any atom is -0.398 e. The van der Waals surface area contributed by atoms with Crippen LogP contribution in [-0.4, -0.2) is 52.9 Å². The van der Waals surface area contributed by atoms with Crippen LogP contribution in [0.3, 0.4) is 0 Å². The highest BCUT2D eigenvalue weighted by molar-refractivity contribution is 5.98. The monoisotopic (exact) mass is 260 g/mol. The van der Waals surface area contributed by atoms with Gasteiger partial charge in [-0.3, -0.25) is 14.7 Å². The predicted octanol–water partition coefficient (Wildman–Crippen LogP) is 0.974. The van der Waals surface area contributed by atoms with Crippen molar-refractivity contribution in [3.05, 3.63) is 24.0 Å². The summed E-state index contributed by atoms with van der Waals surface area (Å²) in [5, 5.41) is 0. The molecular formula is C14H20N4O. The van der Waals surface area contributed by atoms with Crippen LogP contribution in [0.15, 0.2) is 18.5 Å². The Balaban J connectivity index is 1.62. The molecule has 2 heterocycles. The molecule has 5 heteroatoms. The molecule has 0 unspecified atom stereocenters. The molecule has 0 spiro atoms. The van der Waals surface area contributed by atoms with Crippen molar-refractivity contribution < 1.29 is 4.79 Å². The van der Waals surface area contributed by atoms with Crippen molar-refractivity contribution in [1.82, 2.24) is 14.8 Å². The molecule has 1 aromatic heterocycles. The number of rotatable bonds is 2. The van der Waals surface area contributed by atoms with Gasteiger partial charge >= 0.3 is 0 Å². The molecule has 19 heavy (non-hydrogen) atoms. The molecule has 1 aliphatic heterocycles. The number of anilines is 1. The van der Waals surface area contributed by atoms with Gasteiger partial charge in [-0.1, -0.05) is 6.42 Å². The molecule has 102 valence electrons. The number of nitrogens with zero attached hydrogens (tertiary/aromatic N) is 3. The molecule has 0 radical (unpaired) electrons. The second-order valence-corrected chi connectivity index (χ2v) is 5.38. The van der Waals surface area contributed by atoms with Crippen LogP contribution in [-0.2, 0) is 0 Å². The molecule has 3 rings (SSSR count). The molecule has 1 aliphatic carbocycles. The number of nitrogens with two attached hydrogens (primary N) is 1. The fourth-order valence-electron chi connectivity index (χ4n) is 2.80. The number of amides is 1. The van der Waals surface area contributed by atoms with Crippen LogP contribution < -0.4 is 5.73 Å². The third-order valence-electron chi connectivity index (χ3n) is 4.28. The summed E-state index contributed by atoms with van der Waals surface area (Å²) >= 11 is 0. The molecule has 1 aromatic rings. The zero-order chi connectivity index (χ0) is 13.2. The Bertz CT molecular complexity index is 464. The third-order valence-corrected chi connectivity index (χ3v) is 4.28. The predicted molar refractivity (Wildman–Crippen MR) is 73.8 cm³/mol. The first kappa shape index (κ1) is 12.4. The summed E-state index contributed by atoms with van der Waals surface area (Å²) in [4.78, 5) is 20.8. The van der Waals surface area contributed by atoms with Gasteiger partial charge in [0.2, 0.25) is 0 Å². The standard InChI is InChI=1S/C14H20N4O/c15-13-4-5-16-10-12(13)14(19)18-8-6-17(7-9-18)11-2-1-3-11/h4-5,10-11H,1-3,6-9H2,(H2,15,16). The normalized spacial score (nSPS) is 21.2. The average molecular weight is 260 g/mol. The number of carbonyl (C=O) groups is 1. The molecular weight excluding hydrogens is 240 g/mol. The maximum Gasteiger partial charge on any atom is 0.257 e. The van der Waals surface area contributed by atoms with Crippen LogP contribution >= 0.6 is 0 Å². The van der Waals surface area contributed by atoms with E-state index in [1.807, 2.05) is 4.90 Å². The van der Waals surface area contributed by atoms with Crippen molar-refractivity contribution in [3.63, 3.8) is 0 Å². The quantitative estimate of drug-likeness (QED) is 0.861. The van der Waals surface area contributed by atoms with E-state index in [4.69, 9.17) is 5.73 Å². The highest BCUT2D eigenvalue weighted by Crippen LogP contribution is 2.26. The Kier molecular flexibility index (Phi) is 3.38. The zero-order valence-electron chi connectivity index (χ0n) is 11.1. The Labute approximate surface area is 113 Å². The lowest BCUT2D eigenvalue weighted by Crippen LogP contribution is -2.53. The number of pyridine rings is 1. The number of hydrogen-bond donors (Lipinski definition) is 1. The summed E-state index contributed by atoms with van der Waals surface area (Å²) in [6.45, 7) is 3.56. The van der Waals surface area contributed by atoms with E-state index < -0.39 is 0 Å². The average Bonchev–Trinajstić information content (AvgIpc) is 2.37. The molecule has 1 saturated heterocycles. The summed E-state index contributed by atoms with van der Waals surface area (Å²) in [7, 11) is 0. The number of hydrogen-bond acceptors (Lipinski definition) is 4. The first-order valence-corrected chi connectivity index (χ1v) is 6.98. The molecule has 0 bridgehead atoms. The molecule has 1 saturated carbocycles. The first-order chi connectivity index (χ1) is 9.25. The Morgan fingerprint density at radius 2 is 2.00 bits per heavy atom. The maximum absolute atomic E-state index is 12.4. The molecule has 5 nitrogen and oxygen atoms in total. The van der Waals surface area contributed by atoms with E-state index in [-0.39, 0.29) is 5.91 Å². The van der Waals surface area contributed by atoms with Crippen LogP contribution in [0, 0.1) is 0 Å². The number of piperazine rings is 1. The van der Waals surface area contributed by atoms with Crippen LogP contribution in [0.2, 0.25) is 0 Å². The van der Waals surface area contributed by atoms with Crippen LogP contribution in [0.4, 0.5) is 5.69 Å². The van der Waals surface area contributed by atoms with E-state index >= 15 is 0 Å². The lowest BCUT2D eigenvalue weighted by Gasteiger charge is -2.42. The molecule has 2 N–H and O–H groups in total. The minimum absolute atomic E-state index is 0.0128. The summed E-state index contributed by atoms with van der Waals surface area (Å²) in [6.07, 6.45) is 7.18. The molecule has 2 fully saturated rings. The van der Waals surface area contributed by atoms with E-state index in [0.717, 1.165) is 32.2 Å². The number of aromatic nitrogens is 1. The minimum atomic E-state index is 0.0128. The van der Waals surface area contributed by atoms with Crippen LogP contribution in [0.25, 0.3) is 0 Å². The van der Waals surface area contributed by atoms with Gasteiger partial charge in [-0.15, -0.1) is 0 Å². The smallest absolute Gasteiger partial charge is 0.257 e. The van der Waals surface area contributed by atoms with E-state index in [9.17, 15) is 4.79 Å². The summed E-state index contributed by atoms with van der Waals surface area (Å²) in [5.41, 5.74) is 6.88. The summed E-state index contributed by atoms with van der Waals surface area (Å²) in [5.74, 6) is 0.0128. The molecule has 0 aromatic carbocycles. The Morgan fingerprint density at radius 3 is 2.58 bits per heavy atom. The largest absolute Gasteiger partial charge is 0.398 e. The van der Waals surface area contributed by atoms with Gasteiger partial charge in [-0.25, -0.2) is 0 Å². The van der Waals surface area contributed by atoms with Crippen molar-refractivity contribution in [2.75, 3.05) is 31.9 Å². The molecule has 2 aliphatic rings. The van der Waals surface area contributed by atoms with Crippen molar-refractivity contribution in [2.45, 2.75) is 25.3 Å². The van der Waals surface area contributed by atoms with Gasteiger partial charge in [0.25, 0.3) is 5.91 Å². The lowest BCUT2D eigenvalue weighted by atomic mass is 9.91. The SMILES string of the molecule is Nc1ccncc1C(=O)N1CCN(C2CCC2)CC1. The Hall–Kier alpha value is -1.62. The summed E-state index contributed by atoms with van der Waals surface area (Å²) in [6, 6.07) is 2.44. The van der Waals surface area contributed by atoms with Gasteiger partial charge < -0.3 is 10.6 Å². The molecule has 1 amide bonds. The van der Waals surface area contributed by atoms with Crippen LogP contribution in [0.1, 0.15) is 29.6 Å². The van der Waals surface area contributed by atoms with Crippen molar-refractivity contribution >= 4 is 11.6 Å². The van der Waals surface area contributed by atoms with E-state index in [1.54, 1.807) is 18.5 Å². The fourth-order valence-corrected chi connectivity index (χ4v) is 2.80. The first-order valence-electron chi connectivity index (χ1n) is 6.98. The second kappa shape index (κ2) is 5.17. The van der Waals surface area contributed by atoms with E-state index in [1.165, 1.54) is 19.3 Å². The van der Waals surface area contributed by atoms with Crippen LogP contribution in [0.5, 0.6) is 0 Å². The van der Waals surface area contributed by atoms with E-state index in [2.05, 4.69) is 9.88 Å². The van der Waals surface area contributed by atoms with Gasteiger partial charge in [0.05, 0.1) is 5.56 Å². The van der Waals surface area contributed by atoms with Gasteiger partial charge in [0.15, 0.2) is 0 Å². The maximum atomic E-state index is 12.4.